The van der Waals surface area contributed by atoms with Crippen molar-refractivity contribution in [2.75, 3.05) is 47.5 Å². The number of carbonyl (C=O) groups is 2. The minimum absolute atomic E-state index is 0.0421. The molecule has 2 atom stereocenters. The summed E-state index contributed by atoms with van der Waals surface area (Å²) < 4.78 is 34.1. The lowest BCUT2D eigenvalue weighted by Crippen LogP contribution is -2.37. The molecule has 0 spiro atoms. The number of esters is 2. The van der Waals surface area contributed by atoms with Gasteiger partial charge in [-0.15, -0.1) is 0 Å². The van der Waals surface area contributed by atoms with Crippen LogP contribution in [-0.4, -0.2) is 70.0 Å². The van der Waals surface area contributed by atoms with E-state index in [4.69, 9.17) is 18.5 Å². The summed E-state index contributed by atoms with van der Waals surface area (Å²) in [4.78, 5) is 37.8. The van der Waals surface area contributed by atoms with Gasteiger partial charge in [0.1, 0.15) is 19.8 Å². The molecule has 10 heteroatoms. The smallest absolute Gasteiger partial charge is 0.306 e. The molecule has 0 saturated heterocycles. The van der Waals surface area contributed by atoms with Crippen LogP contribution in [0.2, 0.25) is 0 Å². The number of likely N-dealkylation sites (N-methyl/N-ethyl adjacent to an activating group) is 1. The van der Waals surface area contributed by atoms with Gasteiger partial charge in [-0.2, -0.15) is 0 Å². The van der Waals surface area contributed by atoms with Crippen molar-refractivity contribution in [3.63, 3.8) is 0 Å². The highest BCUT2D eigenvalue weighted by Crippen LogP contribution is 2.38. The van der Waals surface area contributed by atoms with Gasteiger partial charge in [0.05, 0.1) is 27.7 Å². The topological polar surface area (TPSA) is 111 Å². The molecule has 0 aliphatic heterocycles. The van der Waals surface area contributed by atoms with Crippen molar-refractivity contribution in [2.45, 2.75) is 225 Å². The van der Waals surface area contributed by atoms with Crippen molar-refractivity contribution in [2.24, 2.45) is 0 Å². The zero-order valence-corrected chi connectivity index (χ0v) is 47.5. The lowest BCUT2D eigenvalue weighted by molar-refractivity contribution is -0.870. The van der Waals surface area contributed by atoms with Crippen LogP contribution in [0, 0.1) is 0 Å². The molecular formula is C62H106NO8P. The summed E-state index contributed by atoms with van der Waals surface area (Å²) in [6, 6.07) is 0. The highest BCUT2D eigenvalue weighted by atomic mass is 31.2. The minimum atomic E-state index is -4.65. The number of hydrogen-bond acceptors (Lipinski definition) is 8. The Kier molecular flexibility index (Phi) is 50.1. The molecule has 412 valence electrons. The van der Waals surface area contributed by atoms with E-state index in [9.17, 15) is 19.0 Å². The predicted molar refractivity (Wildman–Crippen MR) is 305 cm³/mol. The maximum atomic E-state index is 12.8. The third kappa shape index (κ3) is 56.0. The fourth-order valence-electron chi connectivity index (χ4n) is 7.37. The lowest BCUT2D eigenvalue weighted by atomic mass is 10.1. The molecule has 0 aromatic carbocycles. The molecule has 0 bridgehead atoms. The van der Waals surface area contributed by atoms with Crippen LogP contribution in [0.25, 0.3) is 0 Å². The summed E-state index contributed by atoms with van der Waals surface area (Å²) in [7, 11) is 1.13. The van der Waals surface area contributed by atoms with Crippen molar-refractivity contribution in [1.29, 1.82) is 0 Å². The van der Waals surface area contributed by atoms with Crippen LogP contribution in [0.4, 0.5) is 0 Å². The molecule has 0 aliphatic rings. The van der Waals surface area contributed by atoms with Crippen LogP contribution in [0.5, 0.6) is 0 Å². The summed E-state index contributed by atoms with van der Waals surface area (Å²) in [5.74, 6) is -0.870. The van der Waals surface area contributed by atoms with Gasteiger partial charge < -0.3 is 27.9 Å². The minimum Gasteiger partial charge on any atom is -0.756 e. The number of quaternary nitrogens is 1. The molecule has 2 unspecified atom stereocenters. The van der Waals surface area contributed by atoms with E-state index in [-0.39, 0.29) is 26.1 Å². The third-order valence-electron chi connectivity index (χ3n) is 11.8. The first kappa shape index (κ1) is 68.7. The van der Waals surface area contributed by atoms with E-state index < -0.39 is 32.5 Å². The van der Waals surface area contributed by atoms with Crippen LogP contribution in [0.3, 0.4) is 0 Å². The lowest BCUT2D eigenvalue weighted by Gasteiger charge is -2.28. The van der Waals surface area contributed by atoms with Crippen molar-refractivity contribution in [3.8, 4) is 0 Å². The van der Waals surface area contributed by atoms with Gasteiger partial charge in [0.15, 0.2) is 6.10 Å². The molecule has 9 nitrogen and oxygen atoms in total. The van der Waals surface area contributed by atoms with Gasteiger partial charge in [-0.1, -0.05) is 213 Å². The second-order valence-corrected chi connectivity index (χ2v) is 21.3. The average Bonchev–Trinajstić information content (AvgIpc) is 3.34. The highest BCUT2D eigenvalue weighted by Gasteiger charge is 2.21. The van der Waals surface area contributed by atoms with E-state index in [0.717, 1.165) is 103 Å². The third-order valence-corrected chi connectivity index (χ3v) is 12.7. The molecule has 0 amide bonds. The van der Waals surface area contributed by atoms with Crippen LogP contribution < -0.4 is 4.89 Å². The SMILES string of the molecule is CC/C=C\C/C=C\C/C=C\C/C=C\C/C=C\C/C=C\C/C=C\C/C=C\CCCCCCC(=O)OC(COC(=O)CCCCCCCCCCC/C=C\CCCCCCCC)COP(=O)([O-])OCC[N+](C)(C)C. The number of allylic oxidation sites excluding steroid dienone is 18. The number of carbonyl (C=O) groups excluding carboxylic acids is 2. The summed E-state index contributed by atoms with van der Waals surface area (Å²) in [6.45, 7) is 4.08. The number of ether oxygens (including phenoxy) is 2. The van der Waals surface area contributed by atoms with Crippen molar-refractivity contribution in [3.05, 3.63) is 109 Å². The van der Waals surface area contributed by atoms with Crippen molar-refractivity contribution in [1.82, 2.24) is 0 Å². The van der Waals surface area contributed by atoms with Gasteiger partial charge in [0.25, 0.3) is 7.82 Å². The van der Waals surface area contributed by atoms with Gasteiger partial charge in [0, 0.05) is 12.8 Å². The number of phosphoric acid groups is 1. The predicted octanol–water partition coefficient (Wildman–Crippen LogP) is 17.2. The first-order valence-electron chi connectivity index (χ1n) is 28.6. The first-order chi connectivity index (χ1) is 35.0. The Bertz CT molecular complexity index is 1580. The second-order valence-electron chi connectivity index (χ2n) is 19.9. The molecule has 0 aromatic heterocycles. The first-order valence-corrected chi connectivity index (χ1v) is 30.1. The summed E-state index contributed by atoms with van der Waals surface area (Å²) in [5.41, 5.74) is 0. The maximum absolute atomic E-state index is 12.8. The highest BCUT2D eigenvalue weighted by molar-refractivity contribution is 7.45. The molecular weight excluding hydrogens is 918 g/mol. The Hall–Kier alpha value is -3.33. The second kappa shape index (κ2) is 52.5. The Morgan fingerprint density at radius 1 is 0.444 bits per heavy atom. The van der Waals surface area contributed by atoms with E-state index in [0.29, 0.717) is 17.4 Å². The number of unbranched alkanes of at least 4 members (excludes halogenated alkanes) is 19. The quantitative estimate of drug-likeness (QED) is 0.0195. The number of nitrogens with zero attached hydrogens (tertiary/aromatic N) is 1. The molecule has 72 heavy (non-hydrogen) atoms. The van der Waals surface area contributed by atoms with E-state index in [2.05, 4.69) is 123 Å². The fraction of sp³-hybridized carbons (Fsp3) is 0.677. The van der Waals surface area contributed by atoms with Crippen LogP contribution in [-0.2, 0) is 32.7 Å². The summed E-state index contributed by atoms with van der Waals surface area (Å²) >= 11 is 0. The van der Waals surface area contributed by atoms with Gasteiger partial charge in [-0.3, -0.25) is 14.2 Å². The van der Waals surface area contributed by atoms with E-state index in [1.807, 2.05) is 21.1 Å². The molecule has 0 N–H and O–H groups in total. The monoisotopic (exact) mass is 1020 g/mol. The molecule has 0 rings (SSSR count). The van der Waals surface area contributed by atoms with Crippen LogP contribution >= 0.6 is 7.82 Å². The molecule has 0 heterocycles. The maximum Gasteiger partial charge on any atom is 0.306 e. The zero-order chi connectivity index (χ0) is 52.7. The van der Waals surface area contributed by atoms with Crippen molar-refractivity contribution < 1.29 is 42.1 Å². The van der Waals surface area contributed by atoms with Gasteiger partial charge in [0.2, 0.25) is 0 Å². The average molecular weight is 1020 g/mol. The normalized spacial score (nSPS) is 14.1. The molecule has 0 aromatic rings. The van der Waals surface area contributed by atoms with E-state index >= 15 is 0 Å². The van der Waals surface area contributed by atoms with E-state index in [1.165, 1.54) is 83.5 Å². The van der Waals surface area contributed by atoms with E-state index in [1.54, 1.807) is 0 Å². The molecule has 0 saturated carbocycles. The fourth-order valence-corrected chi connectivity index (χ4v) is 8.10. The Morgan fingerprint density at radius 3 is 1.19 bits per heavy atom. The standard InChI is InChI=1S/C62H106NO8P/c1-6-8-10-12-14-16-18-20-22-24-26-27-28-29-30-31-32-33-34-35-37-39-41-43-45-47-49-51-53-55-62(65)71-60(59-70-72(66,67)69-57-56-63(3,4)5)58-68-61(64)54-52-50-48-46-44-42-40-38-36-25-23-21-19-17-15-13-11-9-7-2/h8,10,14,16,20-23,26-27,29-30,32-33,35,37,41,43,60H,6-7,9,11-13,15,17-19,24-25,28,31,34,36,38-40,42,44-59H2,1-5H3/b10-8-,16-14-,22-20-,23-21-,27-26-,30-29-,33-32-,37-35-,43-41-. The summed E-state index contributed by atoms with van der Waals surface area (Å²) in [5, 5.41) is 0. The summed E-state index contributed by atoms with van der Waals surface area (Å²) in [6.07, 6.45) is 72.7. The van der Waals surface area contributed by atoms with Gasteiger partial charge in [-0.25, -0.2) is 0 Å². The molecule has 0 radical (unpaired) electrons. The molecule has 0 fully saturated rings. The Morgan fingerprint density at radius 2 is 0.792 bits per heavy atom. The van der Waals surface area contributed by atoms with Crippen LogP contribution in [0.15, 0.2) is 109 Å². The molecule has 0 aliphatic carbocycles. The van der Waals surface area contributed by atoms with Gasteiger partial charge in [-0.05, 0) is 103 Å². The van der Waals surface area contributed by atoms with Crippen LogP contribution in [0.1, 0.15) is 219 Å². The zero-order valence-electron chi connectivity index (χ0n) is 46.6. The number of phosphoric ester groups is 1. The van der Waals surface area contributed by atoms with Crippen molar-refractivity contribution >= 4 is 19.8 Å². The Labute approximate surface area is 442 Å². The number of rotatable bonds is 51. The Balaban J connectivity index is 4.28. The number of hydrogen-bond donors (Lipinski definition) is 0. The van der Waals surface area contributed by atoms with Gasteiger partial charge >= 0.3 is 11.9 Å². The largest absolute Gasteiger partial charge is 0.756 e.